The quantitative estimate of drug-likeness (QED) is 0.661. The van der Waals surface area contributed by atoms with Gasteiger partial charge in [-0.2, -0.15) is 0 Å². The van der Waals surface area contributed by atoms with Crippen molar-refractivity contribution in [3.8, 4) is 0 Å². The molecule has 4 saturated carbocycles. The Balaban J connectivity index is 1.66. The molecule has 0 radical (unpaired) electrons. The molecular formula is C22H32O4. The van der Waals surface area contributed by atoms with Gasteiger partial charge in [0.1, 0.15) is 17.7 Å². The fourth-order valence-corrected chi connectivity index (χ4v) is 7.42. The van der Waals surface area contributed by atoms with E-state index in [0.29, 0.717) is 30.3 Å². The van der Waals surface area contributed by atoms with Gasteiger partial charge >= 0.3 is 5.97 Å². The lowest BCUT2D eigenvalue weighted by Crippen LogP contribution is -2.61. The molecule has 0 aromatic carbocycles. The number of esters is 1. The number of rotatable bonds is 1. The summed E-state index contributed by atoms with van der Waals surface area (Å²) in [6, 6.07) is 0. The van der Waals surface area contributed by atoms with Crippen molar-refractivity contribution >= 4 is 17.5 Å². The van der Waals surface area contributed by atoms with Gasteiger partial charge in [0.15, 0.2) is 0 Å². The lowest BCUT2D eigenvalue weighted by Gasteiger charge is -2.63. The van der Waals surface area contributed by atoms with Crippen LogP contribution >= 0.6 is 0 Å². The van der Waals surface area contributed by atoms with Crippen molar-refractivity contribution in [2.24, 2.45) is 34.0 Å². The second-order valence-corrected chi connectivity index (χ2v) is 10.3. The minimum atomic E-state index is -0.268. The van der Waals surface area contributed by atoms with Crippen molar-refractivity contribution < 1.29 is 19.1 Å². The van der Waals surface area contributed by atoms with Crippen molar-refractivity contribution in [2.45, 2.75) is 85.2 Å². The highest BCUT2D eigenvalue weighted by Crippen LogP contribution is 2.68. The standard InChI is InChI=1S/C22H32O4/c1-13(23)26-14-7-10-22(4)16-8-9-21(3)15(5-6-18(21)25)19(16)17(24)12-20(22,2)11-14/h14-16,19H,5-12H2,1-4H3/t14?,15?,16?,19?,20-,21?,22?/m1/s1. The first kappa shape index (κ1) is 18.2. The molecule has 4 aliphatic rings. The lowest BCUT2D eigenvalue weighted by molar-refractivity contribution is -0.185. The Bertz CT molecular complexity index is 669. The normalized spacial score (nSPS) is 50.6. The molecule has 0 saturated heterocycles. The van der Waals surface area contributed by atoms with Crippen LogP contribution in [0.3, 0.4) is 0 Å². The molecule has 0 aromatic rings. The van der Waals surface area contributed by atoms with E-state index < -0.39 is 0 Å². The zero-order valence-electron chi connectivity index (χ0n) is 16.6. The average molecular weight is 360 g/mol. The van der Waals surface area contributed by atoms with Crippen LogP contribution in [0, 0.1) is 34.0 Å². The Labute approximate surface area is 156 Å². The average Bonchev–Trinajstić information content (AvgIpc) is 2.84. The number of carbonyl (C=O) groups excluding carboxylic acids is 3. The second-order valence-electron chi connectivity index (χ2n) is 10.3. The highest BCUT2D eigenvalue weighted by atomic mass is 16.5. The molecule has 0 heterocycles. The molecule has 6 unspecified atom stereocenters. The van der Waals surface area contributed by atoms with Crippen LogP contribution in [0.25, 0.3) is 0 Å². The second kappa shape index (κ2) is 5.65. The van der Waals surface area contributed by atoms with E-state index in [1.165, 1.54) is 6.92 Å². The number of ether oxygens (including phenoxy) is 1. The zero-order chi connectivity index (χ0) is 18.9. The van der Waals surface area contributed by atoms with Crippen molar-refractivity contribution in [3.63, 3.8) is 0 Å². The van der Waals surface area contributed by atoms with Crippen LogP contribution in [0.1, 0.15) is 79.1 Å². The van der Waals surface area contributed by atoms with E-state index in [1.807, 2.05) is 0 Å². The van der Waals surface area contributed by atoms with E-state index in [4.69, 9.17) is 4.74 Å². The van der Waals surface area contributed by atoms with Gasteiger partial charge in [0.25, 0.3) is 0 Å². The summed E-state index contributed by atoms with van der Waals surface area (Å²) >= 11 is 0. The number of hydrogen-bond donors (Lipinski definition) is 0. The minimum absolute atomic E-state index is 0.0585. The maximum absolute atomic E-state index is 13.3. The summed E-state index contributed by atoms with van der Waals surface area (Å²) in [5, 5.41) is 0. The number of Topliss-reactive ketones (excluding diaryl/α,β-unsaturated/α-hetero) is 2. The summed E-state index contributed by atoms with van der Waals surface area (Å²) in [5.74, 6) is 1.20. The molecule has 0 aliphatic heterocycles. The van der Waals surface area contributed by atoms with E-state index in [0.717, 1.165) is 38.5 Å². The van der Waals surface area contributed by atoms with Gasteiger partial charge in [-0.3, -0.25) is 14.4 Å². The number of fused-ring (bicyclic) bond motifs is 5. The van der Waals surface area contributed by atoms with Crippen LogP contribution in [0.4, 0.5) is 0 Å². The van der Waals surface area contributed by atoms with Crippen molar-refractivity contribution in [1.82, 2.24) is 0 Å². The summed E-state index contributed by atoms with van der Waals surface area (Å²) in [5.41, 5.74) is -0.287. The maximum Gasteiger partial charge on any atom is 0.302 e. The topological polar surface area (TPSA) is 60.4 Å². The van der Waals surface area contributed by atoms with Gasteiger partial charge in [-0.05, 0) is 61.2 Å². The summed E-state index contributed by atoms with van der Waals surface area (Å²) in [7, 11) is 0. The Morgan fingerprint density at radius 1 is 1.04 bits per heavy atom. The van der Waals surface area contributed by atoms with Crippen LogP contribution < -0.4 is 0 Å². The molecule has 144 valence electrons. The van der Waals surface area contributed by atoms with E-state index >= 15 is 0 Å². The number of ketones is 2. The van der Waals surface area contributed by atoms with E-state index in [9.17, 15) is 14.4 Å². The van der Waals surface area contributed by atoms with Gasteiger partial charge in [-0.25, -0.2) is 0 Å². The Morgan fingerprint density at radius 3 is 2.46 bits per heavy atom. The van der Waals surface area contributed by atoms with Crippen LogP contribution in [0.2, 0.25) is 0 Å². The summed E-state index contributed by atoms with van der Waals surface area (Å²) in [6.45, 7) is 8.20. The van der Waals surface area contributed by atoms with E-state index in [1.54, 1.807) is 0 Å². The molecule has 0 spiro atoms. The highest BCUT2D eigenvalue weighted by Gasteiger charge is 2.66. The van der Waals surface area contributed by atoms with Gasteiger partial charge in [-0.15, -0.1) is 0 Å². The molecule has 7 atom stereocenters. The van der Waals surface area contributed by atoms with Crippen LogP contribution in [0.5, 0.6) is 0 Å². The predicted octanol–water partition coefficient (Wildman–Crippen LogP) is 4.10. The fraction of sp³-hybridized carbons (Fsp3) is 0.864. The molecule has 4 rings (SSSR count). The third-order valence-electron chi connectivity index (χ3n) is 9.11. The Kier molecular flexibility index (Phi) is 3.95. The molecule has 0 bridgehead atoms. The fourth-order valence-electron chi connectivity index (χ4n) is 7.42. The highest BCUT2D eigenvalue weighted by molar-refractivity contribution is 5.90. The monoisotopic (exact) mass is 360 g/mol. The van der Waals surface area contributed by atoms with Crippen LogP contribution in [0.15, 0.2) is 0 Å². The Hall–Kier alpha value is -1.19. The van der Waals surface area contributed by atoms with Gasteiger partial charge < -0.3 is 4.74 Å². The van der Waals surface area contributed by atoms with Gasteiger partial charge in [-0.1, -0.05) is 20.8 Å². The molecular weight excluding hydrogens is 328 g/mol. The van der Waals surface area contributed by atoms with E-state index in [-0.39, 0.29) is 40.2 Å². The van der Waals surface area contributed by atoms with E-state index in [2.05, 4.69) is 20.8 Å². The molecule has 4 fully saturated rings. The smallest absolute Gasteiger partial charge is 0.302 e. The van der Waals surface area contributed by atoms with Crippen molar-refractivity contribution in [2.75, 3.05) is 0 Å². The molecule has 4 aliphatic carbocycles. The zero-order valence-corrected chi connectivity index (χ0v) is 16.6. The first-order valence-corrected chi connectivity index (χ1v) is 10.3. The molecule has 4 heteroatoms. The molecule has 26 heavy (non-hydrogen) atoms. The van der Waals surface area contributed by atoms with Gasteiger partial charge in [0.2, 0.25) is 0 Å². The van der Waals surface area contributed by atoms with Gasteiger partial charge in [0.05, 0.1) is 0 Å². The summed E-state index contributed by atoms with van der Waals surface area (Å²) in [6.07, 6.45) is 6.67. The first-order chi connectivity index (χ1) is 12.1. The molecule has 4 nitrogen and oxygen atoms in total. The van der Waals surface area contributed by atoms with Crippen molar-refractivity contribution in [1.29, 1.82) is 0 Å². The third kappa shape index (κ3) is 2.29. The van der Waals surface area contributed by atoms with Crippen LogP contribution in [-0.4, -0.2) is 23.6 Å². The van der Waals surface area contributed by atoms with Crippen LogP contribution in [-0.2, 0) is 19.1 Å². The maximum atomic E-state index is 13.3. The number of carbonyl (C=O) groups is 3. The summed E-state index contributed by atoms with van der Waals surface area (Å²) in [4.78, 5) is 37.3. The van der Waals surface area contributed by atoms with Gasteiger partial charge in [0, 0.05) is 31.1 Å². The predicted molar refractivity (Wildman–Crippen MR) is 97.3 cm³/mol. The molecule has 0 N–H and O–H groups in total. The minimum Gasteiger partial charge on any atom is -0.463 e. The summed E-state index contributed by atoms with van der Waals surface area (Å²) < 4.78 is 5.53. The van der Waals surface area contributed by atoms with Crippen molar-refractivity contribution in [3.05, 3.63) is 0 Å². The molecule has 0 amide bonds. The SMILES string of the molecule is CC(=O)OC1CCC2(C)C3CCC4(C)C(=O)CCC4C3C(=O)C[C@@]2(C)C1. The Morgan fingerprint density at radius 2 is 1.77 bits per heavy atom. The third-order valence-corrected chi connectivity index (χ3v) is 9.11. The number of hydrogen-bond acceptors (Lipinski definition) is 4. The largest absolute Gasteiger partial charge is 0.463 e. The first-order valence-electron chi connectivity index (χ1n) is 10.3. The molecule has 0 aromatic heterocycles. The lowest BCUT2D eigenvalue weighted by atomic mass is 9.40.